The molecule has 0 aliphatic carbocycles. The van der Waals surface area contributed by atoms with Crippen LogP contribution in [0.15, 0.2) is 5.38 Å². The molecule has 0 N–H and O–H groups in total. The summed E-state index contributed by atoms with van der Waals surface area (Å²) < 4.78 is 0. The number of amides is 1. The van der Waals surface area contributed by atoms with Gasteiger partial charge in [-0.2, -0.15) is 0 Å². The average molecular weight is 198 g/mol. The Morgan fingerprint density at radius 1 is 1.69 bits per heavy atom. The number of carbonyl (C=O) groups is 1. The van der Waals surface area contributed by atoms with Gasteiger partial charge < -0.3 is 4.90 Å². The van der Waals surface area contributed by atoms with Gasteiger partial charge in [-0.15, -0.1) is 11.3 Å². The van der Waals surface area contributed by atoms with Gasteiger partial charge in [-0.1, -0.05) is 6.92 Å². The van der Waals surface area contributed by atoms with Crippen LogP contribution in [0.2, 0.25) is 0 Å². The van der Waals surface area contributed by atoms with Crippen molar-refractivity contribution >= 4 is 17.2 Å². The second-order valence-corrected chi connectivity index (χ2v) is 4.02. The average Bonchev–Trinajstić information content (AvgIpc) is 2.49. The summed E-state index contributed by atoms with van der Waals surface area (Å²) in [6.45, 7) is 4.46. The van der Waals surface area contributed by atoms with Crippen molar-refractivity contribution in [2.24, 2.45) is 0 Å². The highest BCUT2D eigenvalue weighted by Crippen LogP contribution is 2.09. The molecule has 4 heteroatoms. The van der Waals surface area contributed by atoms with Crippen LogP contribution < -0.4 is 0 Å². The van der Waals surface area contributed by atoms with E-state index in [1.165, 1.54) is 0 Å². The molecule has 0 saturated carbocycles. The van der Waals surface area contributed by atoms with Crippen LogP contribution in [0.5, 0.6) is 0 Å². The highest BCUT2D eigenvalue weighted by Gasteiger charge is 2.07. The molecule has 72 valence electrons. The minimum absolute atomic E-state index is 0.158. The molecule has 13 heavy (non-hydrogen) atoms. The monoisotopic (exact) mass is 198 g/mol. The van der Waals surface area contributed by atoms with Crippen LogP contribution >= 0.6 is 11.3 Å². The maximum absolute atomic E-state index is 11.2. The van der Waals surface area contributed by atoms with E-state index in [4.69, 9.17) is 0 Å². The minimum Gasteiger partial charge on any atom is -0.340 e. The lowest BCUT2D eigenvalue weighted by Gasteiger charge is -2.14. The van der Waals surface area contributed by atoms with Gasteiger partial charge in [-0.25, -0.2) is 4.98 Å². The molecule has 0 aromatic carbocycles. The Hall–Kier alpha value is -0.900. The van der Waals surface area contributed by atoms with Crippen molar-refractivity contribution in [2.75, 3.05) is 7.05 Å². The van der Waals surface area contributed by atoms with E-state index in [0.717, 1.165) is 10.7 Å². The van der Waals surface area contributed by atoms with Gasteiger partial charge in [0.25, 0.3) is 0 Å². The van der Waals surface area contributed by atoms with E-state index in [1.807, 2.05) is 19.2 Å². The van der Waals surface area contributed by atoms with Crippen LogP contribution in [-0.4, -0.2) is 22.8 Å². The zero-order valence-electron chi connectivity index (χ0n) is 8.20. The maximum atomic E-state index is 11.2. The molecule has 1 rings (SSSR count). The van der Waals surface area contributed by atoms with Gasteiger partial charge in [-0.05, 0) is 6.92 Å². The van der Waals surface area contributed by atoms with Crippen LogP contribution in [0.1, 0.15) is 24.0 Å². The van der Waals surface area contributed by atoms with Crippen LogP contribution in [0, 0.1) is 6.92 Å². The van der Waals surface area contributed by atoms with Gasteiger partial charge in [0.2, 0.25) is 5.91 Å². The number of hydrogen-bond donors (Lipinski definition) is 0. The second kappa shape index (κ2) is 4.37. The van der Waals surface area contributed by atoms with E-state index in [0.29, 0.717) is 13.0 Å². The zero-order chi connectivity index (χ0) is 9.84. The molecule has 1 amide bonds. The molecule has 1 aromatic heterocycles. The molecule has 1 aromatic rings. The second-order valence-electron chi connectivity index (χ2n) is 2.96. The lowest BCUT2D eigenvalue weighted by atomic mass is 10.4. The largest absolute Gasteiger partial charge is 0.340 e. The van der Waals surface area contributed by atoms with E-state index in [-0.39, 0.29) is 5.91 Å². The van der Waals surface area contributed by atoms with Gasteiger partial charge in [0, 0.05) is 18.8 Å². The first-order valence-electron chi connectivity index (χ1n) is 4.28. The first kappa shape index (κ1) is 10.2. The molecule has 3 nitrogen and oxygen atoms in total. The van der Waals surface area contributed by atoms with Gasteiger partial charge in [-0.3, -0.25) is 4.79 Å². The van der Waals surface area contributed by atoms with Crippen molar-refractivity contribution in [3.05, 3.63) is 16.1 Å². The third-order valence-corrected chi connectivity index (χ3v) is 2.62. The fourth-order valence-corrected chi connectivity index (χ4v) is 1.69. The highest BCUT2D eigenvalue weighted by molar-refractivity contribution is 7.09. The summed E-state index contributed by atoms with van der Waals surface area (Å²) in [5, 5.41) is 3.04. The van der Waals surface area contributed by atoms with E-state index < -0.39 is 0 Å². The molecule has 0 bridgehead atoms. The van der Waals surface area contributed by atoms with Crippen LogP contribution in [-0.2, 0) is 11.3 Å². The van der Waals surface area contributed by atoms with Crippen molar-refractivity contribution in [1.82, 2.24) is 9.88 Å². The minimum atomic E-state index is 0.158. The SMILES string of the molecule is CCC(=O)N(C)Cc1csc(C)n1. The number of nitrogens with zero attached hydrogens (tertiary/aromatic N) is 2. The highest BCUT2D eigenvalue weighted by atomic mass is 32.1. The molecule has 0 saturated heterocycles. The lowest BCUT2D eigenvalue weighted by molar-refractivity contribution is -0.130. The topological polar surface area (TPSA) is 33.2 Å². The number of aromatic nitrogens is 1. The van der Waals surface area contributed by atoms with Gasteiger partial charge in [0.05, 0.1) is 17.2 Å². The maximum Gasteiger partial charge on any atom is 0.222 e. The van der Waals surface area contributed by atoms with E-state index >= 15 is 0 Å². The van der Waals surface area contributed by atoms with E-state index in [2.05, 4.69) is 4.98 Å². The first-order chi connectivity index (χ1) is 6.13. The Morgan fingerprint density at radius 3 is 2.85 bits per heavy atom. The van der Waals surface area contributed by atoms with Crippen molar-refractivity contribution in [1.29, 1.82) is 0 Å². The van der Waals surface area contributed by atoms with Crippen molar-refractivity contribution < 1.29 is 4.79 Å². The quantitative estimate of drug-likeness (QED) is 0.742. The standard InChI is InChI=1S/C9H14N2OS/c1-4-9(12)11(3)5-8-6-13-7(2)10-8/h6H,4-5H2,1-3H3. The molecule has 1 heterocycles. The van der Waals surface area contributed by atoms with E-state index in [9.17, 15) is 4.79 Å². The summed E-state index contributed by atoms with van der Waals surface area (Å²) in [5.41, 5.74) is 0.979. The van der Waals surface area contributed by atoms with Crippen LogP contribution in [0.4, 0.5) is 0 Å². The van der Waals surface area contributed by atoms with E-state index in [1.54, 1.807) is 23.3 Å². The molecule has 0 aliphatic heterocycles. The van der Waals surface area contributed by atoms with Crippen LogP contribution in [0.25, 0.3) is 0 Å². The Balaban J connectivity index is 2.54. The zero-order valence-corrected chi connectivity index (χ0v) is 9.02. The summed E-state index contributed by atoms with van der Waals surface area (Å²) in [4.78, 5) is 17.2. The number of carbonyl (C=O) groups excluding carboxylic acids is 1. The van der Waals surface area contributed by atoms with Crippen molar-refractivity contribution in [3.63, 3.8) is 0 Å². The van der Waals surface area contributed by atoms with Crippen molar-refractivity contribution in [2.45, 2.75) is 26.8 Å². The number of hydrogen-bond acceptors (Lipinski definition) is 3. The Kier molecular flexibility index (Phi) is 3.42. The summed E-state index contributed by atoms with van der Waals surface area (Å²) in [6.07, 6.45) is 0.555. The predicted molar refractivity (Wildman–Crippen MR) is 53.6 cm³/mol. The molecule has 0 aliphatic rings. The molecular weight excluding hydrogens is 184 g/mol. The fourth-order valence-electron chi connectivity index (χ4n) is 1.08. The summed E-state index contributed by atoms with van der Waals surface area (Å²) in [7, 11) is 1.81. The third-order valence-electron chi connectivity index (χ3n) is 1.79. The summed E-state index contributed by atoms with van der Waals surface area (Å²) >= 11 is 1.62. The normalized spacial score (nSPS) is 10.1. The molecule has 0 radical (unpaired) electrons. The number of aryl methyl sites for hydroxylation is 1. The van der Waals surface area contributed by atoms with Gasteiger partial charge in [0.15, 0.2) is 0 Å². The van der Waals surface area contributed by atoms with Gasteiger partial charge >= 0.3 is 0 Å². The Morgan fingerprint density at radius 2 is 2.38 bits per heavy atom. The van der Waals surface area contributed by atoms with Crippen molar-refractivity contribution in [3.8, 4) is 0 Å². The smallest absolute Gasteiger partial charge is 0.222 e. The molecular formula is C9H14N2OS. The van der Waals surface area contributed by atoms with Crippen LogP contribution in [0.3, 0.4) is 0 Å². The predicted octanol–water partition coefficient (Wildman–Crippen LogP) is 1.82. The molecule has 0 fully saturated rings. The Bertz CT molecular complexity index is 296. The third kappa shape index (κ3) is 2.81. The fraction of sp³-hybridized carbons (Fsp3) is 0.556. The Labute approximate surface area is 82.4 Å². The van der Waals surface area contributed by atoms with Gasteiger partial charge in [0.1, 0.15) is 0 Å². The molecule has 0 unspecified atom stereocenters. The summed E-state index contributed by atoms with van der Waals surface area (Å²) in [6, 6.07) is 0. The molecule has 0 atom stereocenters. The number of rotatable bonds is 3. The first-order valence-corrected chi connectivity index (χ1v) is 5.16. The lowest BCUT2D eigenvalue weighted by Crippen LogP contribution is -2.25. The summed E-state index contributed by atoms with van der Waals surface area (Å²) in [5.74, 6) is 0.158. The molecule has 0 spiro atoms. The number of thiazole rings is 1.